The Labute approximate surface area is 113 Å². The van der Waals surface area contributed by atoms with Crippen LogP contribution in [0.5, 0.6) is 0 Å². The van der Waals surface area contributed by atoms with Crippen LogP contribution in [0.4, 0.5) is 11.4 Å². The third kappa shape index (κ3) is 2.03. The molecule has 3 heteroatoms. The van der Waals surface area contributed by atoms with Gasteiger partial charge in [-0.15, -0.1) is 0 Å². The average molecular weight is 253 g/mol. The van der Waals surface area contributed by atoms with E-state index in [-0.39, 0.29) is 0 Å². The molecule has 0 unspecified atom stereocenters. The number of fused-ring (bicyclic) bond motifs is 1. The van der Waals surface area contributed by atoms with E-state index in [4.69, 9.17) is 5.73 Å². The number of nitrogen functional groups attached to an aromatic ring is 1. The minimum Gasteiger partial charge on any atom is -0.397 e. The Morgan fingerprint density at radius 3 is 2.74 bits per heavy atom. The number of rotatable bonds is 4. The van der Waals surface area contributed by atoms with Gasteiger partial charge in [0.1, 0.15) is 0 Å². The zero-order valence-corrected chi connectivity index (χ0v) is 11.0. The summed E-state index contributed by atoms with van der Waals surface area (Å²) in [5, 5.41) is 1.20. The molecule has 2 saturated carbocycles. The van der Waals surface area contributed by atoms with E-state index in [1.807, 2.05) is 18.3 Å². The van der Waals surface area contributed by atoms with Crippen molar-refractivity contribution in [1.29, 1.82) is 0 Å². The first kappa shape index (κ1) is 11.1. The molecule has 0 radical (unpaired) electrons. The van der Waals surface area contributed by atoms with Crippen molar-refractivity contribution >= 4 is 22.3 Å². The van der Waals surface area contributed by atoms with Gasteiger partial charge in [-0.1, -0.05) is 12.1 Å². The van der Waals surface area contributed by atoms with Crippen molar-refractivity contribution in [2.24, 2.45) is 5.92 Å². The van der Waals surface area contributed by atoms with E-state index in [0.29, 0.717) is 0 Å². The van der Waals surface area contributed by atoms with Crippen LogP contribution in [0.15, 0.2) is 30.5 Å². The highest BCUT2D eigenvalue weighted by Gasteiger charge is 2.34. The molecule has 4 rings (SSSR count). The number of hydrogen-bond acceptors (Lipinski definition) is 3. The molecule has 0 saturated heterocycles. The SMILES string of the molecule is Nc1cccc2c(N(CC3CC3)C3CC3)ccnc12. The van der Waals surface area contributed by atoms with E-state index in [1.54, 1.807) is 0 Å². The maximum Gasteiger partial charge on any atom is 0.0951 e. The van der Waals surface area contributed by atoms with E-state index in [9.17, 15) is 0 Å². The normalized spacial score (nSPS) is 18.7. The third-order valence-corrected chi connectivity index (χ3v) is 4.23. The first-order valence-electron chi connectivity index (χ1n) is 7.23. The maximum atomic E-state index is 6.05. The van der Waals surface area contributed by atoms with E-state index >= 15 is 0 Å². The number of para-hydroxylation sites is 1. The second kappa shape index (κ2) is 4.12. The summed E-state index contributed by atoms with van der Waals surface area (Å²) >= 11 is 0. The topological polar surface area (TPSA) is 42.1 Å². The Bertz CT molecular complexity index is 614. The second-order valence-corrected chi connectivity index (χ2v) is 5.90. The van der Waals surface area contributed by atoms with E-state index in [2.05, 4.69) is 22.0 Å². The summed E-state index contributed by atoms with van der Waals surface area (Å²) in [5.41, 5.74) is 9.10. The lowest BCUT2D eigenvalue weighted by atomic mass is 10.1. The smallest absolute Gasteiger partial charge is 0.0951 e. The summed E-state index contributed by atoms with van der Waals surface area (Å²) < 4.78 is 0. The Morgan fingerprint density at radius 2 is 2.00 bits per heavy atom. The molecule has 0 amide bonds. The molecule has 2 fully saturated rings. The Morgan fingerprint density at radius 1 is 1.16 bits per heavy atom. The zero-order chi connectivity index (χ0) is 12.8. The molecule has 2 aliphatic carbocycles. The molecule has 3 nitrogen and oxygen atoms in total. The van der Waals surface area contributed by atoms with Gasteiger partial charge in [0.05, 0.1) is 11.2 Å². The second-order valence-electron chi connectivity index (χ2n) is 5.90. The average Bonchev–Trinajstić information content (AvgIpc) is 3.28. The van der Waals surface area contributed by atoms with Gasteiger partial charge in [0.25, 0.3) is 0 Å². The van der Waals surface area contributed by atoms with Gasteiger partial charge >= 0.3 is 0 Å². The van der Waals surface area contributed by atoms with Gasteiger partial charge in [-0.3, -0.25) is 4.98 Å². The minimum absolute atomic E-state index is 0.743. The fourth-order valence-electron chi connectivity index (χ4n) is 2.84. The number of benzene rings is 1. The molecule has 1 aromatic carbocycles. The van der Waals surface area contributed by atoms with Crippen LogP contribution >= 0.6 is 0 Å². The van der Waals surface area contributed by atoms with Crippen molar-refractivity contribution in [3.8, 4) is 0 Å². The van der Waals surface area contributed by atoms with E-state index in [1.165, 1.54) is 43.3 Å². The van der Waals surface area contributed by atoms with Crippen LogP contribution in [0, 0.1) is 5.92 Å². The van der Waals surface area contributed by atoms with Crippen LogP contribution in [0.25, 0.3) is 10.9 Å². The summed E-state index contributed by atoms with van der Waals surface area (Å²) in [4.78, 5) is 7.04. The highest BCUT2D eigenvalue weighted by Crippen LogP contribution is 2.40. The summed E-state index contributed by atoms with van der Waals surface area (Å²) in [6.45, 7) is 1.21. The van der Waals surface area contributed by atoms with Gasteiger partial charge in [-0.25, -0.2) is 0 Å². The molecule has 0 aliphatic heterocycles. The lowest BCUT2D eigenvalue weighted by molar-refractivity contribution is 0.721. The summed E-state index contributed by atoms with van der Waals surface area (Å²) in [6.07, 6.45) is 7.36. The number of nitrogens with two attached hydrogens (primary N) is 1. The van der Waals surface area contributed by atoms with Crippen LogP contribution in [0.1, 0.15) is 25.7 Å². The molecule has 98 valence electrons. The Kier molecular flexibility index (Phi) is 2.40. The summed E-state index contributed by atoms with van der Waals surface area (Å²) in [7, 11) is 0. The van der Waals surface area contributed by atoms with Gasteiger partial charge in [-0.05, 0) is 43.7 Å². The van der Waals surface area contributed by atoms with Gasteiger partial charge in [0.15, 0.2) is 0 Å². The maximum absolute atomic E-state index is 6.05. The van der Waals surface area contributed by atoms with Gasteiger partial charge in [0, 0.05) is 29.9 Å². The number of nitrogens with zero attached hydrogens (tertiary/aromatic N) is 2. The van der Waals surface area contributed by atoms with Crippen molar-refractivity contribution in [1.82, 2.24) is 4.98 Å². The number of aromatic nitrogens is 1. The largest absolute Gasteiger partial charge is 0.397 e. The molecule has 0 atom stereocenters. The minimum atomic E-state index is 0.743. The highest BCUT2D eigenvalue weighted by atomic mass is 15.2. The quantitative estimate of drug-likeness (QED) is 0.851. The first-order chi connectivity index (χ1) is 9.33. The predicted octanol–water partition coefficient (Wildman–Crippen LogP) is 3.20. The van der Waals surface area contributed by atoms with Crippen molar-refractivity contribution in [2.75, 3.05) is 17.2 Å². The molecule has 2 aromatic rings. The van der Waals surface area contributed by atoms with Crippen molar-refractivity contribution in [2.45, 2.75) is 31.7 Å². The van der Waals surface area contributed by atoms with Crippen LogP contribution in [0.2, 0.25) is 0 Å². The van der Waals surface area contributed by atoms with Crippen LogP contribution in [0.3, 0.4) is 0 Å². The number of anilines is 2. The van der Waals surface area contributed by atoms with Crippen LogP contribution in [-0.4, -0.2) is 17.6 Å². The summed E-state index contributed by atoms with van der Waals surface area (Å²) in [5.74, 6) is 0.907. The molecule has 2 aliphatic rings. The standard InChI is InChI=1S/C16H19N3/c17-14-3-1-2-13-15(8-9-18-16(13)14)19(12-6-7-12)10-11-4-5-11/h1-3,8-9,11-12H,4-7,10,17H2. The predicted molar refractivity (Wildman–Crippen MR) is 79.2 cm³/mol. The van der Waals surface area contributed by atoms with Gasteiger partial charge < -0.3 is 10.6 Å². The van der Waals surface area contributed by atoms with Crippen molar-refractivity contribution in [3.05, 3.63) is 30.5 Å². The number of pyridine rings is 1. The monoisotopic (exact) mass is 253 g/mol. The van der Waals surface area contributed by atoms with Crippen LogP contribution in [-0.2, 0) is 0 Å². The molecule has 1 aromatic heterocycles. The highest BCUT2D eigenvalue weighted by molar-refractivity contribution is 5.98. The summed E-state index contributed by atoms with van der Waals surface area (Å²) in [6, 6.07) is 9.01. The Hall–Kier alpha value is -1.77. The van der Waals surface area contributed by atoms with Gasteiger partial charge in [-0.2, -0.15) is 0 Å². The van der Waals surface area contributed by atoms with Crippen LogP contribution < -0.4 is 10.6 Å². The fourth-order valence-corrected chi connectivity index (χ4v) is 2.84. The fraction of sp³-hybridized carbons (Fsp3) is 0.438. The molecular weight excluding hydrogens is 234 g/mol. The zero-order valence-electron chi connectivity index (χ0n) is 11.0. The van der Waals surface area contributed by atoms with Crippen molar-refractivity contribution < 1.29 is 0 Å². The Balaban J connectivity index is 1.81. The van der Waals surface area contributed by atoms with E-state index in [0.717, 1.165) is 23.2 Å². The molecule has 19 heavy (non-hydrogen) atoms. The first-order valence-corrected chi connectivity index (χ1v) is 7.23. The molecule has 0 bridgehead atoms. The third-order valence-electron chi connectivity index (χ3n) is 4.23. The molecular formula is C16H19N3. The lowest BCUT2D eigenvalue weighted by Gasteiger charge is -2.26. The molecule has 0 spiro atoms. The number of hydrogen-bond donors (Lipinski definition) is 1. The van der Waals surface area contributed by atoms with Gasteiger partial charge in [0.2, 0.25) is 0 Å². The van der Waals surface area contributed by atoms with E-state index < -0.39 is 0 Å². The lowest BCUT2D eigenvalue weighted by Crippen LogP contribution is -2.28. The molecule has 1 heterocycles. The van der Waals surface area contributed by atoms with Crippen molar-refractivity contribution in [3.63, 3.8) is 0 Å². The molecule has 2 N–H and O–H groups in total.